The van der Waals surface area contributed by atoms with Crippen molar-refractivity contribution >= 4 is 21.8 Å². The van der Waals surface area contributed by atoms with Crippen LogP contribution in [0, 0.1) is 5.82 Å². The highest BCUT2D eigenvalue weighted by molar-refractivity contribution is 7.89. The molecule has 0 N–H and O–H groups in total. The standard InChI is InChI=1S/C19H20FNO5S/c1-3-21(4-2)27(24,25)17-10-6-8-15(12-17)19(23)26-13-18(22)14-7-5-9-16(20)11-14/h5-12H,3-4,13H2,1-2H3. The van der Waals surface area contributed by atoms with E-state index in [0.717, 1.165) is 6.07 Å². The highest BCUT2D eigenvalue weighted by Gasteiger charge is 2.23. The lowest BCUT2D eigenvalue weighted by molar-refractivity contribution is 0.0474. The highest BCUT2D eigenvalue weighted by atomic mass is 32.2. The van der Waals surface area contributed by atoms with E-state index in [4.69, 9.17) is 4.74 Å². The molecule has 2 aromatic rings. The van der Waals surface area contributed by atoms with E-state index >= 15 is 0 Å². The summed E-state index contributed by atoms with van der Waals surface area (Å²) in [4.78, 5) is 24.1. The van der Waals surface area contributed by atoms with Crippen LogP contribution in [0.5, 0.6) is 0 Å². The van der Waals surface area contributed by atoms with Gasteiger partial charge in [0.15, 0.2) is 12.4 Å². The zero-order chi connectivity index (χ0) is 20.0. The van der Waals surface area contributed by atoms with Crippen molar-refractivity contribution in [2.75, 3.05) is 19.7 Å². The van der Waals surface area contributed by atoms with Gasteiger partial charge in [-0.15, -0.1) is 0 Å². The van der Waals surface area contributed by atoms with Gasteiger partial charge < -0.3 is 4.74 Å². The summed E-state index contributed by atoms with van der Waals surface area (Å²) in [6.07, 6.45) is 0. The molecule has 0 aliphatic carbocycles. The van der Waals surface area contributed by atoms with Crippen molar-refractivity contribution in [1.82, 2.24) is 4.31 Å². The normalized spacial score (nSPS) is 11.4. The number of Topliss-reactive ketones (excluding diaryl/α,β-unsaturated/α-hetero) is 1. The molecular formula is C19H20FNO5S. The maximum Gasteiger partial charge on any atom is 0.338 e. The Kier molecular flexibility index (Phi) is 6.81. The van der Waals surface area contributed by atoms with Crippen molar-refractivity contribution in [1.29, 1.82) is 0 Å². The highest BCUT2D eigenvalue weighted by Crippen LogP contribution is 2.17. The predicted octanol–water partition coefficient (Wildman–Crippen LogP) is 2.90. The Bertz CT molecular complexity index is 939. The van der Waals surface area contributed by atoms with Crippen LogP contribution in [0.3, 0.4) is 0 Å². The van der Waals surface area contributed by atoms with E-state index in [-0.39, 0.29) is 16.0 Å². The number of halogens is 1. The second-order valence-corrected chi connectivity index (χ2v) is 7.56. The van der Waals surface area contributed by atoms with Gasteiger partial charge in [-0.25, -0.2) is 17.6 Å². The van der Waals surface area contributed by atoms with Gasteiger partial charge in [0.1, 0.15) is 5.82 Å². The number of esters is 1. The molecule has 0 radical (unpaired) electrons. The second kappa shape index (κ2) is 8.88. The first kappa shape index (κ1) is 20.7. The van der Waals surface area contributed by atoms with Crippen LogP contribution in [0.4, 0.5) is 4.39 Å². The zero-order valence-electron chi connectivity index (χ0n) is 15.0. The molecule has 0 spiro atoms. The van der Waals surface area contributed by atoms with Crippen LogP contribution in [0.25, 0.3) is 0 Å². The smallest absolute Gasteiger partial charge is 0.338 e. The number of hydrogen-bond donors (Lipinski definition) is 0. The molecule has 0 atom stereocenters. The Morgan fingerprint density at radius 1 is 1.00 bits per heavy atom. The van der Waals surface area contributed by atoms with Crippen LogP contribution in [0.1, 0.15) is 34.6 Å². The topological polar surface area (TPSA) is 80.8 Å². The van der Waals surface area contributed by atoms with Crippen molar-refractivity contribution in [2.45, 2.75) is 18.7 Å². The van der Waals surface area contributed by atoms with Gasteiger partial charge in [0.05, 0.1) is 10.5 Å². The number of carbonyl (C=O) groups is 2. The molecule has 0 amide bonds. The van der Waals surface area contributed by atoms with Crippen LogP contribution in [0.2, 0.25) is 0 Å². The van der Waals surface area contributed by atoms with E-state index in [1.807, 2.05) is 0 Å². The number of rotatable bonds is 8. The van der Waals surface area contributed by atoms with Crippen molar-refractivity contribution in [2.24, 2.45) is 0 Å². The largest absolute Gasteiger partial charge is 0.454 e. The second-order valence-electron chi connectivity index (χ2n) is 5.63. The summed E-state index contributed by atoms with van der Waals surface area (Å²) in [7, 11) is -3.72. The van der Waals surface area contributed by atoms with Gasteiger partial charge in [-0.05, 0) is 30.3 Å². The minimum atomic E-state index is -3.72. The molecule has 0 saturated carbocycles. The fourth-order valence-electron chi connectivity index (χ4n) is 2.46. The number of ketones is 1. The molecule has 0 heterocycles. The molecule has 144 valence electrons. The van der Waals surface area contributed by atoms with Crippen LogP contribution in [-0.2, 0) is 14.8 Å². The molecule has 27 heavy (non-hydrogen) atoms. The monoisotopic (exact) mass is 393 g/mol. The SMILES string of the molecule is CCN(CC)S(=O)(=O)c1cccc(C(=O)OCC(=O)c2cccc(F)c2)c1. The summed E-state index contributed by atoms with van der Waals surface area (Å²) in [6, 6.07) is 10.5. The lowest BCUT2D eigenvalue weighted by Crippen LogP contribution is -2.30. The Morgan fingerprint density at radius 2 is 1.63 bits per heavy atom. The number of benzene rings is 2. The molecule has 0 fully saturated rings. The van der Waals surface area contributed by atoms with E-state index in [0.29, 0.717) is 13.1 Å². The van der Waals surface area contributed by atoms with Gasteiger partial charge in [0, 0.05) is 18.7 Å². The molecule has 8 heteroatoms. The summed E-state index contributed by atoms with van der Waals surface area (Å²) in [5.74, 6) is -1.97. The summed E-state index contributed by atoms with van der Waals surface area (Å²) < 4.78 is 44.4. The minimum absolute atomic E-state index is 0.00951. The Hall–Kier alpha value is -2.58. The molecule has 0 aliphatic rings. The molecule has 0 unspecified atom stereocenters. The van der Waals surface area contributed by atoms with Crippen LogP contribution >= 0.6 is 0 Å². The molecule has 0 aliphatic heterocycles. The molecule has 2 aromatic carbocycles. The van der Waals surface area contributed by atoms with Gasteiger partial charge in [0.25, 0.3) is 0 Å². The first-order valence-corrected chi connectivity index (χ1v) is 9.79. The van der Waals surface area contributed by atoms with Crippen molar-refractivity contribution in [3.63, 3.8) is 0 Å². The van der Waals surface area contributed by atoms with E-state index in [1.54, 1.807) is 13.8 Å². The quantitative estimate of drug-likeness (QED) is 0.509. The lowest BCUT2D eigenvalue weighted by Gasteiger charge is -2.18. The zero-order valence-corrected chi connectivity index (χ0v) is 15.8. The molecule has 0 bridgehead atoms. The third kappa shape index (κ3) is 4.99. The summed E-state index contributed by atoms with van der Waals surface area (Å²) >= 11 is 0. The van der Waals surface area contributed by atoms with Gasteiger partial charge >= 0.3 is 5.97 Å². The maximum atomic E-state index is 13.2. The average Bonchev–Trinajstić information content (AvgIpc) is 2.66. The Balaban J connectivity index is 2.12. The number of hydrogen-bond acceptors (Lipinski definition) is 5. The van der Waals surface area contributed by atoms with Crippen LogP contribution in [0.15, 0.2) is 53.4 Å². The summed E-state index contributed by atoms with van der Waals surface area (Å²) in [5.41, 5.74) is 0.0935. The predicted molar refractivity (Wildman–Crippen MR) is 97.6 cm³/mol. The van der Waals surface area contributed by atoms with Crippen LogP contribution in [-0.4, -0.2) is 44.2 Å². The van der Waals surface area contributed by atoms with Gasteiger partial charge in [-0.1, -0.05) is 32.0 Å². The molecule has 0 aromatic heterocycles. The van der Waals surface area contributed by atoms with Crippen molar-refractivity contribution in [3.05, 3.63) is 65.5 Å². The van der Waals surface area contributed by atoms with E-state index in [2.05, 4.69) is 0 Å². The summed E-state index contributed by atoms with van der Waals surface area (Å²) in [6.45, 7) is 3.47. The number of sulfonamides is 1. The van der Waals surface area contributed by atoms with Crippen molar-refractivity contribution in [3.8, 4) is 0 Å². The lowest BCUT2D eigenvalue weighted by atomic mass is 10.1. The van der Waals surface area contributed by atoms with E-state index in [1.165, 1.54) is 46.8 Å². The number of ether oxygens (including phenoxy) is 1. The molecule has 6 nitrogen and oxygen atoms in total. The fraction of sp³-hybridized carbons (Fsp3) is 0.263. The third-order valence-corrected chi connectivity index (χ3v) is 5.94. The van der Waals surface area contributed by atoms with Gasteiger partial charge in [0.2, 0.25) is 10.0 Å². The van der Waals surface area contributed by atoms with E-state index < -0.39 is 34.2 Å². The molecular weight excluding hydrogens is 373 g/mol. The number of carbonyl (C=O) groups excluding carboxylic acids is 2. The fourth-order valence-corrected chi connectivity index (χ4v) is 3.96. The molecule has 0 saturated heterocycles. The van der Waals surface area contributed by atoms with Gasteiger partial charge in [-0.3, -0.25) is 4.79 Å². The average molecular weight is 393 g/mol. The maximum absolute atomic E-state index is 13.2. The summed E-state index contributed by atoms with van der Waals surface area (Å²) in [5, 5.41) is 0. The number of nitrogens with zero attached hydrogens (tertiary/aromatic N) is 1. The van der Waals surface area contributed by atoms with E-state index in [9.17, 15) is 22.4 Å². The third-order valence-electron chi connectivity index (χ3n) is 3.89. The first-order chi connectivity index (χ1) is 12.8. The first-order valence-electron chi connectivity index (χ1n) is 8.35. The Labute approximate surface area is 157 Å². The Morgan fingerprint density at radius 3 is 2.26 bits per heavy atom. The van der Waals surface area contributed by atoms with Crippen LogP contribution < -0.4 is 0 Å². The minimum Gasteiger partial charge on any atom is -0.454 e. The van der Waals surface area contributed by atoms with Crippen molar-refractivity contribution < 1.29 is 27.1 Å². The van der Waals surface area contributed by atoms with Gasteiger partial charge in [-0.2, -0.15) is 4.31 Å². The molecule has 2 rings (SSSR count).